The molecule has 1 heterocycles. The quantitative estimate of drug-likeness (QED) is 0.816. The van der Waals surface area contributed by atoms with Gasteiger partial charge in [-0.3, -0.25) is 0 Å². The van der Waals surface area contributed by atoms with Gasteiger partial charge in [0.2, 0.25) is 0 Å². The van der Waals surface area contributed by atoms with Crippen LogP contribution in [-0.2, 0) is 0 Å². The molecule has 18 heavy (non-hydrogen) atoms. The largest absolute Gasteiger partial charge is 0.327 e. The molecule has 0 aromatic carbocycles. The fourth-order valence-corrected chi connectivity index (χ4v) is 4.56. The summed E-state index contributed by atoms with van der Waals surface area (Å²) in [4.78, 5) is 2.73. The second-order valence-corrected chi connectivity index (χ2v) is 7.99. The minimum atomic E-state index is 0.505. The average Bonchev–Trinajstić information content (AvgIpc) is 2.85. The summed E-state index contributed by atoms with van der Waals surface area (Å²) in [6, 6.07) is 0.505. The maximum atomic E-state index is 6.22. The molecular weight excluding hydrogens is 220 g/mol. The molecule has 0 bridgehead atoms. The van der Waals surface area contributed by atoms with Crippen LogP contribution in [0, 0.1) is 23.2 Å². The zero-order valence-electron chi connectivity index (χ0n) is 12.2. The van der Waals surface area contributed by atoms with Crippen LogP contribution in [0.4, 0.5) is 0 Å². The predicted octanol–water partition coefficient (Wildman–Crippen LogP) is 2.87. The Bertz CT molecular complexity index is 289. The van der Waals surface area contributed by atoms with Crippen LogP contribution < -0.4 is 5.73 Å². The first-order valence-corrected chi connectivity index (χ1v) is 8.01. The summed E-state index contributed by atoms with van der Waals surface area (Å²) >= 11 is 0. The molecule has 3 unspecified atom stereocenters. The predicted molar refractivity (Wildman–Crippen MR) is 76.4 cm³/mol. The normalized spacial score (nSPS) is 41.2. The van der Waals surface area contributed by atoms with Crippen molar-refractivity contribution in [3.63, 3.8) is 0 Å². The second kappa shape index (κ2) is 4.79. The molecule has 2 saturated carbocycles. The molecule has 2 heteroatoms. The number of hydrogen-bond donors (Lipinski definition) is 1. The first-order valence-electron chi connectivity index (χ1n) is 8.01. The van der Waals surface area contributed by atoms with E-state index in [-0.39, 0.29) is 0 Å². The third-order valence-corrected chi connectivity index (χ3v) is 5.96. The van der Waals surface area contributed by atoms with E-state index in [1.807, 2.05) is 0 Å². The van der Waals surface area contributed by atoms with Gasteiger partial charge in [-0.2, -0.15) is 0 Å². The van der Waals surface area contributed by atoms with Gasteiger partial charge in [0, 0.05) is 25.7 Å². The average molecular weight is 250 g/mol. The Morgan fingerprint density at radius 1 is 1.06 bits per heavy atom. The molecule has 3 aliphatic rings. The Labute approximate surface area is 112 Å². The third kappa shape index (κ3) is 2.60. The van der Waals surface area contributed by atoms with Crippen LogP contribution in [0.2, 0.25) is 0 Å². The van der Waals surface area contributed by atoms with Crippen LogP contribution >= 0.6 is 0 Å². The first kappa shape index (κ1) is 12.9. The standard InChI is InChI=1S/C16H30N2/c1-16(2)7-5-12(6-8-16)9-18-10-13-3-4-15(17)14(13)11-18/h12-15H,3-11,17H2,1-2H3. The molecule has 0 spiro atoms. The van der Waals surface area contributed by atoms with E-state index in [1.54, 1.807) is 0 Å². The van der Waals surface area contributed by atoms with Crippen molar-refractivity contribution in [1.82, 2.24) is 4.90 Å². The van der Waals surface area contributed by atoms with E-state index in [2.05, 4.69) is 18.7 Å². The SMILES string of the molecule is CC1(C)CCC(CN2CC3CCC(N)C3C2)CC1. The molecule has 1 saturated heterocycles. The second-order valence-electron chi connectivity index (χ2n) is 7.99. The van der Waals surface area contributed by atoms with Gasteiger partial charge in [-0.25, -0.2) is 0 Å². The zero-order chi connectivity index (χ0) is 12.8. The zero-order valence-corrected chi connectivity index (χ0v) is 12.2. The molecule has 3 fully saturated rings. The Morgan fingerprint density at radius 2 is 1.78 bits per heavy atom. The van der Waals surface area contributed by atoms with E-state index < -0.39 is 0 Å². The van der Waals surface area contributed by atoms with Gasteiger partial charge in [0.25, 0.3) is 0 Å². The van der Waals surface area contributed by atoms with Gasteiger partial charge in [0.1, 0.15) is 0 Å². The molecular formula is C16H30N2. The van der Waals surface area contributed by atoms with E-state index in [0.29, 0.717) is 11.5 Å². The lowest BCUT2D eigenvalue weighted by atomic mass is 9.73. The highest BCUT2D eigenvalue weighted by Gasteiger charge is 2.41. The highest BCUT2D eigenvalue weighted by molar-refractivity contribution is 4.96. The fraction of sp³-hybridized carbons (Fsp3) is 1.00. The maximum absolute atomic E-state index is 6.22. The minimum Gasteiger partial charge on any atom is -0.327 e. The molecule has 2 aliphatic carbocycles. The van der Waals surface area contributed by atoms with Gasteiger partial charge in [-0.05, 0) is 61.7 Å². The Hall–Kier alpha value is -0.0800. The summed E-state index contributed by atoms with van der Waals surface area (Å²) in [5, 5.41) is 0. The van der Waals surface area contributed by atoms with Gasteiger partial charge in [-0.15, -0.1) is 0 Å². The number of hydrogen-bond acceptors (Lipinski definition) is 2. The van der Waals surface area contributed by atoms with Crippen LogP contribution in [-0.4, -0.2) is 30.6 Å². The van der Waals surface area contributed by atoms with Crippen molar-refractivity contribution in [2.45, 2.75) is 58.4 Å². The monoisotopic (exact) mass is 250 g/mol. The fourth-order valence-electron chi connectivity index (χ4n) is 4.56. The molecule has 0 radical (unpaired) electrons. The highest BCUT2D eigenvalue weighted by atomic mass is 15.2. The topological polar surface area (TPSA) is 29.3 Å². The summed E-state index contributed by atoms with van der Waals surface area (Å²) < 4.78 is 0. The summed E-state index contributed by atoms with van der Waals surface area (Å²) in [7, 11) is 0. The van der Waals surface area contributed by atoms with Crippen LogP contribution in [0.25, 0.3) is 0 Å². The van der Waals surface area contributed by atoms with Crippen molar-refractivity contribution < 1.29 is 0 Å². The molecule has 104 valence electrons. The van der Waals surface area contributed by atoms with Crippen molar-refractivity contribution in [3.05, 3.63) is 0 Å². The molecule has 3 atom stereocenters. The smallest absolute Gasteiger partial charge is 0.00826 e. The van der Waals surface area contributed by atoms with Gasteiger partial charge >= 0.3 is 0 Å². The number of fused-ring (bicyclic) bond motifs is 1. The summed E-state index contributed by atoms with van der Waals surface area (Å²) in [6.45, 7) is 8.87. The minimum absolute atomic E-state index is 0.505. The highest BCUT2D eigenvalue weighted by Crippen LogP contribution is 2.41. The third-order valence-electron chi connectivity index (χ3n) is 5.96. The van der Waals surface area contributed by atoms with E-state index in [0.717, 1.165) is 17.8 Å². The van der Waals surface area contributed by atoms with Gasteiger partial charge in [0.05, 0.1) is 0 Å². The molecule has 3 rings (SSSR count). The van der Waals surface area contributed by atoms with Crippen LogP contribution in [0.15, 0.2) is 0 Å². The van der Waals surface area contributed by atoms with Crippen LogP contribution in [0.1, 0.15) is 52.4 Å². The lowest BCUT2D eigenvalue weighted by molar-refractivity contribution is 0.152. The molecule has 0 aromatic rings. The van der Waals surface area contributed by atoms with Crippen molar-refractivity contribution in [3.8, 4) is 0 Å². The van der Waals surface area contributed by atoms with E-state index >= 15 is 0 Å². The van der Waals surface area contributed by atoms with E-state index in [9.17, 15) is 0 Å². The van der Waals surface area contributed by atoms with Crippen LogP contribution in [0.3, 0.4) is 0 Å². The van der Waals surface area contributed by atoms with Crippen LogP contribution in [0.5, 0.6) is 0 Å². The summed E-state index contributed by atoms with van der Waals surface area (Å²) in [5.74, 6) is 2.72. The summed E-state index contributed by atoms with van der Waals surface area (Å²) in [6.07, 6.45) is 8.42. The molecule has 1 aliphatic heterocycles. The van der Waals surface area contributed by atoms with Gasteiger partial charge in [-0.1, -0.05) is 13.8 Å². The first-order chi connectivity index (χ1) is 8.53. The van der Waals surface area contributed by atoms with E-state index in [1.165, 1.54) is 58.2 Å². The molecule has 0 aromatic heterocycles. The van der Waals surface area contributed by atoms with Crippen molar-refractivity contribution >= 4 is 0 Å². The van der Waals surface area contributed by atoms with Crippen molar-refractivity contribution in [2.75, 3.05) is 19.6 Å². The van der Waals surface area contributed by atoms with Gasteiger partial charge < -0.3 is 10.6 Å². The molecule has 0 amide bonds. The number of likely N-dealkylation sites (tertiary alicyclic amines) is 1. The lowest BCUT2D eigenvalue weighted by Gasteiger charge is -2.36. The number of rotatable bonds is 2. The van der Waals surface area contributed by atoms with Crippen molar-refractivity contribution in [2.24, 2.45) is 28.9 Å². The van der Waals surface area contributed by atoms with Crippen molar-refractivity contribution in [1.29, 1.82) is 0 Å². The Balaban J connectivity index is 1.48. The maximum Gasteiger partial charge on any atom is 0.00826 e. The molecule has 2 N–H and O–H groups in total. The molecule has 2 nitrogen and oxygen atoms in total. The Morgan fingerprint density at radius 3 is 2.44 bits per heavy atom. The summed E-state index contributed by atoms with van der Waals surface area (Å²) in [5.41, 5.74) is 6.84. The van der Waals surface area contributed by atoms with E-state index in [4.69, 9.17) is 5.73 Å². The number of nitrogens with two attached hydrogens (primary N) is 1. The lowest BCUT2D eigenvalue weighted by Crippen LogP contribution is -2.34. The number of nitrogens with zero attached hydrogens (tertiary/aromatic N) is 1. The Kier molecular flexibility index (Phi) is 3.44. The van der Waals surface area contributed by atoms with Gasteiger partial charge in [0.15, 0.2) is 0 Å².